The topological polar surface area (TPSA) is 129 Å². The molecule has 0 saturated carbocycles. The number of nitrogens with one attached hydrogen (secondary N) is 1. The second-order valence-electron chi connectivity index (χ2n) is 7.35. The van der Waals surface area contributed by atoms with Crippen LogP contribution in [-0.4, -0.2) is 38.3 Å². The molecule has 2 aromatic heterocycles. The molecule has 11 heteroatoms. The average Bonchev–Trinajstić information content (AvgIpc) is 3.17. The number of hydrogen-bond donors (Lipinski definition) is 2. The lowest BCUT2D eigenvalue weighted by Gasteiger charge is -2.18. The van der Waals surface area contributed by atoms with E-state index in [0.717, 1.165) is 16.9 Å². The van der Waals surface area contributed by atoms with Crippen LogP contribution in [0.2, 0.25) is 0 Å². The van der Waals surface area contributed by atoms with Crippen LogP contribution in [0.1, 0.15) is 41.2 Å². The SMILES string of the molecule is CCOC(=O)c1sc(NC(=O)[C@@H](CC)Sc2nc(=O)cc(N)n2CCc2ccccc2)nc1C. The van der Waals surface area contributed by atoms with Gasteiger partial charge in [-0.3, -0.25) is 9.59 Å². The van der Waals surface area contributed by atoms with Gasteiger partial charge in [-0.1, -0.05) is 60.4 Å². The van der Waals surface area contributed by atoms with Crippen LogP contribution in [0, 0.1) is 6.92 Å². The first kappa shape index (κ1) is 25.4. The minimum absolute atomic E-state index is 0.256. The summed E-state index contributed by atoms with van der Waals surface area (Å²) in [6.07, 6.45) is 1.18. The molecule has 2 heterocycles. The van der Waals surface area contributed by atoms with Crippen LogP contribution in [0.3, 0.4) is 0 Å². The molecule has 0 radical (unpaired) electrons. The maximum atomic E-state index is 13.0. The molecule has 0 saturated heterocycles. The first-order valence-electron chi connectivity index (χ1n) is 10.9. The number of rotatable bonds is 10. The number of amides is 1. The van der Waals surface area contributed by atoms with Gasteiger partial charge in [-0.25, -0.2) is 9.78 Å². The Morgan fingerprint density at radius 2 is 1.97 bits per heavy atom. The number of thioether (sulfide) groups is 1. The molecule has 0 spiro atoms. The zero-order valence-electron chi connectivity index (χ0n) is 19.2. The summed E-state index contributed by atoms with van der Waals surface area (Å²) in [5.74, 6) is -0.475. The van der Waals surface area contributed by atoms with Crippen LogP contribution in [0.4, 0.5) is 10.9 Å². The maximum Gasteiger partial charge on any atom is 0.350 e. The number of nitrogens with zero attached hydrogens (tertiary/aromatic N) is 3. The first-order valence-corrected chi connectivity index (χ1v) is 12.5. The molecule has 0 aliphatic rings. The lowest BCUT2D eigenvalue weighted by atomic mass is 10.1. The van der Waals surface area contributed by atoms with E-state index in [4.69, 9.17) is 10.5 Å². The molecular formula is C23H27N5O4S2. The van der Waals surface area contributed by atoms with E-state index < -0.39 is 16.8 Å². The normalized spacial score (nSPS) is 11.7. The van der Waals surface area contributed by atoms with Gasteiger partial charge in [-0.15, -0.1) is 0 Å². The lowest BCUT2D eigenvalue weighted by Crippen LogP contribution is -2.27. The number of aryl methyl sites for hydroxylation is 2. The summed E-state index contributed by atoms with van der Waals surface area (Å²) in [5.41, 5.74) is 7.29. The van der Waals surface area contributed by atoms with Gasteiger partial charge in [0.15, 0.2) is 10.3 Å². The molecule has 0 aliphatic heterocycles. The number of nitrogen functional groups attached to an aromatic ring is 1. The number of esters is 1. The van der Waals surface area contributed by atoms with E-state index in [1.807, 2.05) is 37.3 Å². The summed E-state index contributed by atoms with van der Waals surface area (Å²) in [4.78, 5) is 45.8. The van der Waals surface area contributed by atoms with Crippen molar-refractivity contribution >= 4 is 45.9 Å². The van der Waals surface area contributed by atoms with Crippen LogP contribution < -0.4 is 16.6 Å². The third-order valence-electron chi connectivity index (χ3n) is 4.89. The van der Waals surface area contributed by atoms with Gasteiger partial charge in [0.25, 0.3) is 5.56 Å². The van der Waals surface area contributed by atoms with Gasteiger partial charge < -0.3 is 20.4 Å². The van der Waals surface area contributed by atoms with E-state index in [9.17, 15) is 14.4 Å². The Bertz CT molecular complexity index is 1210. The fourth-order valence-corrected chi connectivity index (χ4v) is 5.09. The van der Waals surface area contributed by atoms with Crippen LogP contribution in [0.15, 0.2) is 46.3 Å². The predicted molar refractivity (Wildman–Crippen MR) is 134 cm³/mol. The largest absolute Gasteiger partial charge is 0.462 e. The highest BCUT2D eigenvalue weighted by Gasteiger charge is 2.24. The number of carbonyl (C=O) groups is 2. The highest BCUT2D eigenvalue weighted by Crippen LogP contribution is 2.28. The van der Waals surface area contributed by atoms with Crippen molar-refractivity contribution in [1.29, 1.82) is 0 Å². The molecule has 0 fully saturated rings. The quantitative estimate of drug-likeness (QED) is 0.245. The van der Waals surface area contributed by atoms with E-state index in [-0.39, 0.29) is 12.5 Å². The maximum absolute atomic E-state index is 13.0. The van der Waals surface area contributed by atoms with Gasteiger partial charge in [0.05, 0.1) is 17.6 Å². The molecule has 3 N–H and O–H groups in total. The number of nitrogens with two attached hydrogens (primary N) is 1. The zero-order chi connectivity index (χ0) is 24.7. The predicted octanol–water partition coefficient (Wildman–Crippen LogP) is 3.52. The summed E-state index contributed by atoms with van der Waals surface area (Å²) in [6, 6.07) is 11.2. The lowest BCUT2D eigenvalue weighted by molar-refractivity contribution is -0.115. The Kier molecular flexibility index (Phi) is 8.83. The third-order valence-corrected chi connectivity index (χ3v) is 7.29. The number of carbonyl (C=O) groups excluding carboxylic acids is 2. The zero-order valence-corrected chi connectivity index (χ0v) is 20.9. The fourth-order valence-electron chi connectivity index (χ4n) is 3.17. The van der Waals surface area contributed by atoms with Gasteiger partial charge in [0, 0.05) is 12.6 Å². The van der Waals surface area contributed by atoms with Crippen molar-refractivity contribution in [2.24, 2.45) is 0 Å². The number of anilines is 2. The van der Waals surface area contributed by atoms with Crippen molar-refractivity contribution in [3.63, 3.8) is 0 Å². The minimum atomic E-state index is -0.549. The summed E-state index contributed by atoms with van der Waals surface area (Å²) in [7, 11) is 0. The molecule has 9 nitrogen and oxygen atoms in total. The van der Waals surface area contributed by atoms with Crippen molar-refractivity contribution in [1.82, 2.24) is 14.5 Å². The Balaban J connectivity index is 1.76. The van der Waals surface area contributed by atoms with Gasteiger partial charge in [-0.2, -0.15) is 4.98 Å². The van der Waals surface area contributed by atoms with Gasteiger partial charge in [-0.05, 0) is 32.3 Å². The average molecular weight is 502 g/mol. The van der Waals surface area contributed by atoms with Crippen LogP contribution >= 0.6 is 23.1 Å². The van der Waals surface area contributed by atoms with Crippen molar-refractivity contribution in [2.75, 3.05) is 17.7 Å². The van der Waals surface area contributed by atoms with Crippen molar-refractivity contribution < 1.29 is 14.3 Å². The molecule has 0 aliphatic carbocycles. The van der Waals surface area contributed by atoms with E-state index in [1.165, 1.54) is 17.8 Å². The summed E-state index contributed by atoms with van der Waals surface area (Å²) >= 11 is 2.24. The minimum Gasteiger partial charge on any atom is -0.462 e. The Labute approximate surface area is 205 Å². The number of aromatic nitrogens is 3. The number of hydrogen-bond acceptors (Lipinski definition) is 9. The highest BCUT2D eigenvalue weighted by molar-refractivity contribution is 8.00. The molecule has 3 aromatic rings. The number of thiazole rings is 1. The van der Waals surface area contributed by atoms with Crippen LogP contribution in [-0.2, 0) is 22.5 Å². The molecule has 3 rings (SSSR count). The Morgan fingerprint density at radius 1 is 1.24 bits per heavy atom. The monoisotopic (exact) mass is 501 g/mol. The molecule has 1 aromatic carbocycles. The molecular weight excluding hydrogens is 474 g/mol. The number of ether oxygens (including phenoxy) is 1. The van der Waals surface area contributed by atoms with Crippen molar-refractivity contribution in [3.8, 4) is 0 Å². The standard InChI is InChI=1S/C23H27N5O4S2/c1-4-16(20(30)27-22-25-14(3)19(34-22)21(31)32-5-2)33-23-26-18(29)13-17(24)28(23)12-11-15-9-7-6-8-10-15/h6-10,13,16H,4-5,11-12,24H2,1-3H3,(H,25,27,30)/t16-/m1/s1. The molecule has 0 unspecified atom stereocenters. The molecule has 0 bridgehead atoms. The summed E-state index contributed by atoms with van der Waals surface area (Å²) in [5, 5.41) is 2.91. The van der Waals surface area contributed by atoms with E-state index in [0.29, 0.717) is 46.1 Å². The van der Waals surface area contributed by atoms with E-state index in [1.54, 1.807) is 18.4 Å². The van der Waals surface area contributed by atoms with Crippen LogP contribution in [0.5, 0.6) is 0 Å². The van der Waals surface area contributed by atoms with E-state index >= 15 is 0 Å². The van der Waals surface area contributed by atoms with Gasteiger partial charge in [0.2, 0.25) is 5.91 Å². The molecule has 34 heavy (non-hydrogen) atoms. The fraction of sp³-hybridized carbons (Fsp3) is 0.348. The summed E-state index contributed by atoms with van der Waals surface area (Å²) in [6.45, 7) is 6.05. The van der Waals surface area contributed by atoms with Crippen LogP contribution in [0.25, 0.3) is 0 Å². The molecule has 1 amide bonds. The smallest absolute Gasteiger partial charge is 0.350 e. The van der Waals surface area contributed by atoms with Gasteiger partial charge in [0.1, 0.15) is 10.7 Å². The Morgan fingerprint density at radius 3 is 2.65 bits per heavy atom. The first-order chi connectivity index (χ1) is 16.3. The van der Waals surface area contributed by atoms with Gasteiger partial charge >= 0.3 is 5.97 Å². The second kappa shape index (κ2) is 11.8. The van der Waals surface area contributed by atoms with Crippen molar-refractivity contribution in [2.45, 2.75) is 50.6 Å². The highest BCUT2D eigenvalue weighted by atomic mass is 32.2. The second-order valence-corrected chi connectivity index (χ2v) is 9.52. The number of benzene rings is 1. The third kappa shape index (κ3) is 6.45. The van der Waals surface area contributed by atoms with E-state index in [2.05, 4.69) is 15.3 Å². The summed E-state index contributed by atoms with van der Waals surface area (Å²) < 4.78 is 6.78. The van der Waals surface area contributed by atoms with Crippen molar-refractivity contribution in [3.05, 3.63) is 62.9 Å². The molecule has 180 valence electrons. The molecule has 1 atom stereocenters. The Hall–Kier alpha value is -3.18.